The Morgan fingerprint density at radius 3 is 2.33 bits per heavy atom. The SMILES string of the molecule is COc1ccc(N(CCCC(=O)N(C)c2ccccc2)S(C)(=O)=O)cc1Cl. The van der Waals surface area contributed by atoms with E-state index in [1.807, 2.05) is 30.3 Å². The van der Waals surface area contributed by atoms with Crippen molar-refractivity contribution in [2.45, 2.75) is 12.8 Å². The Bertz CT molecular complexity index is 888. The Balaban J connectivity index is 2.05. The Kier molecular flexibility index (Phi) is 7.10. The fourth-order valence-electron chi connectivity index (χ4n) is 2.63. The van der Waals surface area contributed by atoms with Gasteiger partial charge in [0.25, 0.3) is 0 Å². The van der Waals surface area contributed by atoms with Crippen LogP contribution in [0.15, 0.2) is 48.5 Å². The van der Waals surface area contributed by atoms with Gasteiger partial charge in [-0.2, -0.15) is 0 Å². The van der Waals surface area contributed by atoms with E-state index in [1.54, 1.807) is 30.1 Å². The van der Waals surface area contributed by atoms with Gasteiger partial charge in [-0.05, 0) is 36.8 Å². The molecule has 0 radical (unpaired) electrons. The van der Waals surface area contributed by atoms with Crippen LogP contribution in [-0.2, 0) is 14.8 Å². The summed E-state index contributed by atoms with van der Waals surface area (Å²) in [7, 11) is -0.322. The van der Waals surface area contributed by atoms with Crippen molar-refractivity contribution in [3.63, 3.8) is 0 Å². The van der Waals surface area contributed by atoms with Crippen LogP contribution in [0, 0.1) is 0 Å². The lowest BCUT2D eigenvalue weighted by Crippen LogP contribution is -2.32. The maximum Gasteiger partial charge on any atom is 0.232 e. The van der Waals surface area contributed by atoms with E-state index in [1.165, 1.54) is 11.4 Å². The molecule has 2 rings (SSSR count). The number of halogens is 1. The Morgan fingerprint density at radius 1 is 1.11 bits per heavy atom. The standard InChI is InChI=1S/C19H23ClN2O4S/c1-21(15-8-5-4-6-9-15)19(23)10-7-13-22(27(3,24)25)16-11-12-18(26-2)17(20)14-16/h4-6,8-9,11-12,14H,7,10,13H2,1-3H3. The Hall–Kier alpha value is -2.25. The summed E-state index contributed by atoms with van der Waals surface area (Å²) in [6.07, 6.45) is 1.73. The van der Waals surface area contributed by atoms with Crippen LogP contribution in [-0.4, -0.2) is 41.3 Å². The number of rotatable bonds is 8. The number of carbonyl (C=O) groups excluding carboxylic acids is 1. The number of para-hydroxylation sites is 1. The molecule has 0 aliphatic rings. The summed E-state index contributed by atoms with van der Waals surface area (Å²) < 4.78 is 30.7. The molecule has 6 nitrogen and oxygen atoms in total. The number of amides is 1. The molecule has 0 fully saturated rings. The smallest absolute Gasteiger partial charge is 0.232 e. The van der Waals surface area contributed by atoms with Crippen molar-refractivity contribution in [3.05, 3.63) is 53.6 Å². The lowest BCUT2D eigenvalue weighted by Gasteiger charge is -2.23. The Morgan fingerprint density at radius 2 is 1.78 bits per heavy atom. The van der Waals surface area contributed by atoms with Crippen LogP contribution in [0.4, 0.5) is 11.4 Å². The molecule has 2 aromatic carbocycles. The average molecular weight is 411 g/mol. The first-order valence-corrected chi connectivity index (χ1v) is 10.6. The van der Waals surface area contributed by atoms with Gasteiger partial charge in [-0.25, -0.2) is 8.42 Å². The molecule has 0 bridgehead atoms. The molecule has 0 saturated carbocycles. The molecule has 0 aliphatic heterocycles. The van der Waals surface area contributed by atoms with E-state index < -0.39 is 10.0 Å². The number of methoxy groups -OCH3 is 1. The molecule has 0 aliphatic carbocycles. The number of carbonyl (C=O) groups is 1. The lowest BCUT2D eigenvalue weighted by atomic mass is 10.2. The van der Waals surface area contributed by atoms with E-state index in [2.05, 4.69) is 0 Å². The van der Waals surface area contributed by atoms with Crippen molar-refractivity contribution >= 4 is 38.9 Å². The third kappa shape index (κ3) is 5.61. The maximum absolute atomic E-state index is 12.4. The van der Waals surface area contributed by atoms with E-state index in [4.69, 9.17) is 16.3 Å². The fourth-order valence-corrected chi connectivity index (χ4v) is 3.84. The molecule has 0 unspecified atom stereocenters. The van der Waals surface area contributed by atoms with Crippen LogP contribution >= 0.6 is 11.6 Å². The molecule has 8 heteroatoms. The minimum Gasteiger partial charge on any atom is -0.495 e. The molecule has 0 N–H and O–H groups in total. The van der Waals surface area contributed by atoms with Crippen LogP contribution in [0.1, 0.15) is 12.8 Å². The highest BCUT2D eigenvalue weighted by molar-refractivity contribution is 7.92. The maximum atomic E-state index is 12.4. The first-order chi connectivity index (χ1) is 12.7. The molecule has 0 heterocycles. The van der Waals surface area contributed by atoms with Gasteiger partial charge in [0, 0.05) is 25.7 Å². The number of anilines is 2. The van der Waals surface area contributed by atoms with Crippen molar-refractivity contribution in [2.75, 3.05) is 36.2 Å². The second-order valence-corrected chi connectivity index (χ2v) is 8.36. The van der Waals surface area contributed by atoms with E-state index in [0.29, 0.717) is 22.9 Å². The van der Waals surface area contributed by atoms with Crippen LogP contribution in [0.2, 0.25) is 5.02 Å². The van der Waals surface area contributed by atoms with E-state index in [-0.39, 0.29) is 18.9 Å². The van der Waals surface area contributed by atoms with Crippen molar-refractivity contribution in [3.8, 4) is 5.75 Å². The molecule has 1 amide bonds. The van der Waals surface area contributed by atoms with Gasteiger partial charge in [0.1, 0.15) is 5.75 Å². The van der Waals surface area contributed by atoms with Gasteiger partial charge in [-0.15, -0.1) is 0 Å². The van der Waals surface area contributed by atoms with Gasteiger partial charge >= 0.3 is 0 Å². The molecule has 0 spiro atoms. The highest BCUT2D eigenvalue weighted by Crippen LogP contribution is 2.30. The number of hydrogen-bond donors (Lipinski definition) is 0. The number of ether oxygens (including phenoxy) is 1. The summed E-state index contributed by atoms with van der Waals surface area (Å²) in [6, 6.07) is 14.1. The summed E-state index contributed by atoms with van der Waals surface area (Å²) in [5.41, 5.74) is 1.23. The van der Waals surface area contributed by atoms with E-state index in [0.717, 1.165) is 11.9 Å². The first-order valence-electron chi connectivity index (χ1n) is 8.37. The monoisotopic (exact) mass is 410 g/mol. The van der Waals surface area contributed by atoms with Crippen molar-refractivity contribution < 1.29 is 17.9 Å². The highest BCUT2D eigenvalue weighted by Gasteiger charge is 2.19. The molecule has 0 aromatic heterocycles. The quantitative estimate of drug-likeness (QED) is 0.667. The number of nitrogens with zero attached hydrogens (tertiary/aromatic N) is 2. The summed E-state index contributed by atoms with van der Waals surface area (Å²) in [6.45, 7) is 0.176. The van der Waals surface area contributed by atoms with Crippen LogP contribution in [0.5, 0.6) is 5.75 Å². The second kappa shape index (κ2) is 9.10. The zero-order valence-electron chi connectivity index (χ0n) is 15.6. The molecular weight excluding hydrogens is 388 g/mol. The second-order valence-electron chi connectivity index (χ2n) is 6.05. The highest BCUT2D eigenvalue weighted by atomic mass is 35.5. The minimum atomic E-state index is -3.52. The topological polar surface area (TPSA) is 66.9 Å². The number of benzene rings is 2. The lowest BCUT2D eigenvalue weighted by molar-refractivity contribution is -0.118. The normalized spacial score (nSPS) is 11.1. The van der Waals surface area contributed by atoms with Crippen molar-refractivity contribution in [1.29, 1.82) is 0 Å². The molecule has 2 aromatic rings. The van der Waals surface area contributed by atoms with Crippen molar-refractivity contribution in [2.24, 2.45) is 0 Å². The summed E-state index contributed by atoms with van der Waals surface area (Å²) in [4.78, 5) is 13.9. The zero-order chi connectivity index (χ0) is 20.0. The number of sulfonamides is 1. The molecule has 146 valence electrons. The Labute approximate surface area is 165 Å². The van der Waals surface area contributed by atoms with E-state index >= 15 is 0 Å². The van der Waals surface area contributed by atoms with E-state index in [9.17, 15) is 13.2 Å². The molecule has 0 saturated heterocycles. The summed E-state index contributed by atoms with van der Waals surface area (Å²) in [5, 5.41) is 0.323. The molecule has 27 heavy (non-hydrogen) atoms. The first kappa shape index (κ1) is 21.1. The van der Waals surface area contributed by atoms with Gasteiger partial charge in [0.05, 0.1) is 24.1 Å². The van der Waals surface area contributed by atoms with Gasteiger partial charge in [0.2, 0.25) is 15.9 Å². The zero-order valence-corrected chi connectivity index (χ0v) is 17.1. The summed E-state index contributed by atoms with van der Waals surface area (Å²) in [5.74, 6) is 0.385. The predicted molar refractivity (Wildman–Crippen MR) is 109 cm³/mol. The van der Waals surface area contributed by atoms with Gasteiger partial charge in [-0.3, -0.25) is 9.10 Å². The minimum absolute atomic E-state index is 0.0811. The van der Waals surface area contributed by atoms with Gasteiger partial charge in [-0.1, -0.05) is 29.8 Å². The predicted octanol–water partition coefficient (Wildman–Crippen LogP) is 3.56. The van der Waals surface area contributed by atoms with Crippen LogP contribution in [0.25, 0.3) is 0 Å². The molecule has 0 atom stereocenters. The molecular formula is C19H23ClN2O4S. The largest absolute Gasteiger partial charge is 0.495 e. The fraction of sp³-hybridized carbons (Fsp3) is 0.316. The van der Waals surface area contributed by atoms with Crippen LogP contribution in [0.3, 0.4) is 0 Å². The third-order valence-electron chi connectivity index (χ3n) is 4.09. The third-order valence-corrected chi connectivity index (χ3v) is 5.58. The van der Waals surface area contributed by atoms with Crippen molar-refractivity contribution in [1.82, 2.24) is 0 Å². The van der Waals surface area contributed by atoms with Gasteiger partial charge < -0.3 is 9.64 Å². The van der Waals surface area contributed by atoms with Crippen LogP contribution < -0.4 is 13.9 Å². The summed E-state index contributed by atoms with van der Waals surface area (Å²) >= 11 is 6.11. The average Bonchev–Trinajstić information content (AvgIpc) is 2.64. The number of hydrogen-bond acceptors (Lipinski definition) is 4. The van der Waals surface area contributed by atoms with Gasteiger partial charge in [0.15, 0.2) is 0 Å².